The molecule has 2 aromatic carbocycles. The van der Waals surface area contributed by atoms with E-state index in [1.165, 1.54) is 6.08 Å². The van der Waals surface area contributed by atoms with E-state index in [0.717, 1.165) is 52.1 Å². The molecule has 3 heterocycles. The number of rotatable bonds is 11. The first kappa shape index (κ1) is 28.4. The highest BCUT2D eigenvalue weighted by atomic mass is 16.5. The van der Waals surface area contributed by atoms with Gasteiger partial charge in [0, 0.05) is 79.4 Å². The Kier molecular flexibility index (Phi) is 8.21. The SMILES string of the molecule is C=CC(=O)Nc1cc(Nc2ncc(-c3cnn(C)c3)c(-c3c[nH]c4ccccc34)n2)c(OC)cc1N(C)CCN(C)C. The van der Waals surface area contributed by atoms with Crippen LogP contribution in [0.3, 0.4) is 0 Å². The largest absolute Gasteiger partial charge is 0.494 e. The van der Waals surface area contributed by atoms with Gasteiger partial charge in [0.25, 0.3) is 0 Å². The van der Waals surface area contributed by atoms with Crippen molar-refractivity contribution < 1.29 is 9.53 Å². The summed E-state index contributed by atoms with van der Waals surface area (Å²) in [4.78, 5) is 29.5. The summed E-state index contributed by atoms with van der Waals surface area (Å²) in [6, 6.07) is 11.8. The number of methoxy groups -OCH3 is 1. The molecule has 3 N–H and O–H groups in total. The van der Waals surface area contributed by atoms with Crippen LogP contribution in [0, 0.1) is 0 Å². The summed E-state index contributed by atoms with van der Waals surface area (Å²) in [6.07, 6.45) is 8.73. The number of ether oxygens (including phenoxy) is 1. The Morgan fingerprint density at radius 2 is 1.93 bits per heavy atom. The number of likely N-dealkylation sites (N-methyl/N-ethyl adjacent to an activating group) is 2. The number of hydrogen-bond donors (Lipinski definition) is 3. The van der Waals surface area contributed by atoms with Crippen LogP contribution in [0.4, 0.5) is 23.0 Å². The van der Waals surface area contributed by atoms with Gasteiger partial charge in [0.15, 0.2) is 0 Å². The van der Waals surface area contributed by atoms with Crippen molar-refractivity contribution in [2.45, 2.75) is 0 Å². The van der Waals surface area contributed by atoms with Gasteiger partial charge in [0.2, 0.25) is 11.9 Å². The zero-order chi connectivity index (χ0) is 29.8. The summed E-state index contributed by atoms with van der Waals surface area (Å²) in [6.45, 7) is 5.18. The molecule has 0 saturated carbocycles. The smallest absolute Gasteiger partial charge is 0.247 e. The molecular formula is C31H35N9O2. The minimum atomic E-state index is -0.313. The zero-order valence-corrected chi connectivity index (χ0v) is 24.5. The molecular weight excluding hydrogens is 530 g/mol. The molecule has 0 aliphatic carbocycles. The molecule has 216 valence electrons. The van der Waals surface area contributed by atoms with Crippen LogP contribution in [0.15, 0.2) is 73.8 Å². The Morgan fingerprint density at radius 3 is 2.64 bits per heavy atom. The number of nitrogens with one attached hydrogen (secondary N) is 3. The minimum absolute atomic E-state index is 0.313. The molecule has 11 nitrogen and oxygen atoms in total. The Hall–Kier alpha value is -5.16. The lowest BCUT2D eigenvalue weighted by molar-refractivity contribution is -0.111. The maximum atomic E-state index is 12.4. The van der Waals surface area contributed by atoms with Crippen molar-refractivity contribution >= 4 is 39.8 Å². The Labute approximate surface area is 244 Å². The first-order chi connectivity index (χ1) is 20.3. The van der Waals surface area contributed by atoms with Gasteiger partial charge in [-0.25, -0.2) is 9.97 Å². The van der Waals surface area contributed by atoms with E-state index in [2.05, 4.69) is 48.1 Å². The maximum Gasteiger partial charge on any atom is 0.247 e. The van der Waals surface area contributed by atoms with Crippen LogP contribution in [0.5, 0.6) is 5.75 Å². The Bertz CT molecular complexity index is 1740. The van der Waals surface area contributed by atoms with Crippen LogP contribution in [-0.2, 0) is 11.8 Å². The predicted octanol–water partition coefficient (Wildman–Crippen LogP) is 4.90. The van der Waals surface area contributed by atoms with Gasteiger partial charge in [-0.3, -0.25) is 9.48 Å². The molecule has 0 aliphatic heterocycles. The summed E-state index contributed by atoms with van der Waals surface area (Å²) in [7, 11) is 9.50. The molecule has 0 atom stereocenters. The number of benzene rings is 2. The standard InChI is InChI=1S/C31H35N9O2/c1-7-29(41)35-25-14-26(28(42-6)15-27(25)39(4)13-12-38(2)3)36-31-33-17-22(20-16-34-40(5)19-20)30(37-31)23-18-32-24-11-9-8-10-21(23)24/h7-11,14-19,32H,1,12-13H2,2-6H3,(H,35,41)(H,33,36,37). The van der Waals surface area contributed by atoms with Gasteiger partial charge >= 0.3 is 0 Å². The van der Waals surface area contributed by atoms with Crippen LogP contribution in [0.2, 0.25) is 0 Å². The molecule has 3 aromatic heterocycles. The average Bonchev–Trinajstić information content (AvgIpc) is 3.62. The van der Waals surface area contributed by atoms with Crippen molar-refractivity contribution in [2.24, 2.45) is 7.05 Å². The molecule has 0 aliphatic rings. The van der Waals surface area contributed by atoms with E-state index in [4.69, 9.17) is 9.72 Å². The lowest BCUT2D eigenvalue weighted by atomic mass is 10.0. The third kappa shape index (κ3) is 5.96. The zero-order valence-electron chi connectivity index (χ0n) is 24.5. The van der Waals surface area contributed by atoms with Crippen molar-refractivity contribution in [3.05, 3.63) is 73.8 Å². The molecule has 1 amide bonds. The fourth-order valence-electron chi connectivity index (χ4n) is 4.71. The number of aromatic amines is 1. The summed E-state index contributed by atoms with van der Waals surface area (Å²) in [5, 5.41) is 11.6. The van der Waals surface area contributed by atoms with Gasteiger partial charge in [-0.15, -0.1) is 0 Å². The highest BCUT2D eigenvalue weighted by molar-refractivity contribution is 6.02. The first-order valence-electron chi connectivity index (χ1n) is 13.5. The van der Waals surface area contributed by atoms with Crippen molar-refractivity contribution in [1.82, 2.24) is 29.6 Å². The lowest BCUT2D eigenvalue weighted by Gasteiger charge is -2.26. The number of carbonyl (C=O) groups excluding carboxylic acids is 1. The fourth-order valence-corrected chi connectivity index (χ4v) is 4.71. The first-order valence-corrected chi connectivity index (χ1v) is 13.5. The van der Waals surface area contributed by atoms with E-state index in [-0.39, 0.29) is 5.91 Å². The normalized spacial score (nSPS) is 11.1. The number of anilines is 4. The number of carbonyl (C=O) groups is 1. The maximum absolute atomic E-state index is 12.4. The molecule has 42 heavy (non-hydrogen) atoms. The average molecular weight is 566 g/mol. The highest BCUT2D eigenvalue weighted by Gasteiger charge is 2.19. The number of aromatic nitrogens is 5. The summed E-state index contributed by atoms with van der Waals surface area (Å²) < 4.78 is 7.52. The lowest BCUT2D eigenvalue weighted by Crippen LogP contribution is -2.29. The number of amides is 1. The molecule has 0 radical (unpaired) electrons. The molecule has 0 unspecified atom stereocenters. The van der Waals surface area contributed by atoms with Crippen LogP contribution in [0.1, 0.15) is 0 Å². The number of aryl methyl sites for hydroxylation is 1. The molecule has 0 spiro atoms. The van der Waals surface area contributed by atoms with E-state index < -0.39 is 0 Å². The van der Waals surface area contributed by atoms with Gasteiger partial charge in [-0.2, -0.15) is 5.10 Å². The topological polar surface area (TPSA) is 116 Å². The van der Waals surface area contributed by atoms with Crippen LogP contribution in [-0.4, -0.2) is 76.9 Å². The van der Waals surface area contributed by atoms with Crippen molar-refractivity contribution in [3.63, 3.8) is 0 Å². The monoisotopic (exact) mass is 565 g/mol. The third-order valence-corrected chi connectivity index (χ3v) is 6.95. The van der Waals surface area contributed by atoms with Crippen molar-refractivity contribution in [3.8, 4) is 28.1 Å². The Morgan fingerprint density at radius 1 is 1.12 bits per heavy atom. The predicted molar refractivity (Wildman–Crippen MR) is 168 cm³/mol. The number of nitrogens with zero attached hydrogens (tertiary/aromatic N) is 6. The third-order valence-electron chi connectivity index (χ3n) is 6.95. The van der Waals surface area contributed by atoms with Crippen molar-refractivity contribution in [1.29, 1.82) is 0 Å². The fraction of sp³-hybridized carbons (Fsp3) is 0.226. The molecule has 0 saturated heterocycles. The second kappa shape index (κ2) is 12.1. The van der Waals surface area contributed by atoms with E-state index >= 15 is 0 Å². The van der Waals surface area contributed by atoms with Crippen LogP contribution < -0.4 is 20.3 Å². The van der Waals surface area contributed by atoms with Crippen LogP contribution in [0.25, 0.3) is 33.3 Å². The summed E-state index contributed by atoms with van der Waals surface area (Å²) in [5.74, 6) is 0.634. The minimum Gasteiger partial charge on any atom is -0.494 e. The number of para-hydroxylation sites is 1. The van der Waals surface area contributed by atoms with E-state index in [9.17, 15) is 4.79 Å². The van der Waals surface area contributed by atoms with E-state index in [1.54, 1.807) is 24.2 Å². The number of H-pyrrole nitrogens is 1. The van der Waals surface area contributed by atoms with Crippen molar-refractivity contribution in [2.75, 3.05) is 56.9 Å². The number of hydrogen-bond acceptors (Lipinski definition) is 8. The summed E-state index contributed by atoms with van der Waals surface area (Å²) >= 11 is 0. The molecule has 0 bridgehead atoms. The molecule has 5 rings (SSSR count). The van der Waals surface area contributed by atoms with Gasteiger partial charge in [0.1, 0.15) is 5.75 Å². The molecule has 0 fully saturated rings. The van der Waals surface area contributed by atoms with E-state index in [0.29, 0.717) is 23.1 Å². The van der Waals surface area contributed by atoms with E-state index in [1.807, 2.05) is 70.9 Å². The second-order valence-corrected chi connectivity index (χ2v) is 10.2. The van der Waals surface area contributed by atoms with Gasteiger partial charge in [0.05, 0.1) is 36.1 Å². The van der Waals surface area contributed by atoms with Gasteiger partial charge in [-0.1, -0.05) is 24.8 Å². The molecule has 11 heteroatoms. The quantitative estimate of drug-likeness (QED) is 0.194. The second-order valence-electron chi connectivity index (χ2n) is 10.2. The van der Waals surface area contributed by atoms with Gasteiger partial charge < -0.3 is 30.2 Å². The van der Waals surface area contributed by atoms with Gasteiger partial charge in [-0.05, 0) is 32.3 Å². The highest BCUT2D eigenvalue weighted by Crippen LogP contribution is 2.39. The summed E-state index contributed by atoms with van der Waals surface area (Å²) in [5.41, 5.74) is 6.46. The number of fused-ring (bicyclic) bond motifs is 1. The molecule has 5 aromatic rings. The Balaban J connectivity index is 1.59. The van der Waals surface area contributed by atoms with Crippen LogP contribution >= 0.6 is 0 Å².